The molecule has 0 aromatic carbocycles. The number of rotatable bonds is 11. The van der Waals surface area contributed by atoms with E-state index >= 15 is 0 Å². The van der Waals surface area contributed by atoms with E-state index in [4.69, 9.17) is 14.7 Å². The maximum absolute atomic E-state index is 11.8. The van der Waals surface area contributed by atoms with Crippen molar-refractivity contribution in [2.75, 3.05) is 19.8 Å². The summed E-state index contributed by atoms with van der Waals surface area (Å²) in [6.07, 6.45) is 1.70. The molecule has 2 atom stereocenters. The van der Waals surface area contributed by atoms with Crippen LogP contribution in [0, 0.1) is 11.3 Å². The van der Waals surface area contributed by atoms with Crippen molar-refractivity contribution in [2.24, 2.45) is 0 Å². The van der Waals surface area contributed by atoms with E-state index in [9.17, 15) is 15.0 Å². The molecule has 0 spiro atoms. The number of ether oxygens (including phenoxy) is 2. The first-order chi connectivity index (χ1) is 9.80. The fourth-order valence-electron chi connectivity index (χ4n) is 1.41. The van der Waals surface area contributed by atoms with Crippen molar-refractivity contribution in [1.82, 2.24) is 5.32 Å². The molecule has 0 saturated heterocycles. The van der Waals surface area contributed by atoms with Gasteiger partial charge in [-0.15, -0.1) is 6.58 Å². The minimum atomic E-state index is -1.03. The second-order valence-electron chi connectivity index (χ2n) is 5.19. The Morgan fingerprint density at radius 1 is 1.57 bits per heavy atom. The van der Waals surface area contributed by atoms with E-state index in [2.05, 4.69) is 11.9 Å². The highest BCUT2D eigenvalue weighted by molar-refractivity contribution is 5.76. The molecule has 21 heavy (non-hydrogen) atoms. The third-order valence-electron chi connectivity index (χ3n) is 2.34. The van der Waals surface area contributed by atoms with Gasteiger partial charge in [0.15, 0.2) is 6.61 Å². The summed E-state index contributed by atoms with van der Waals surface area (Å²) in [4.78, 5) is 11.8. The largest absolute Gasteiger partial charge is 0.449 e. The van der Waals surface area contributed by atoms with Crippen molar-refractivity contribution in [3.63, 3.8) is 0 Å². The van der Waals surface area contributed by atoms with Crippen LogP contribution >= 0.6 is 0 Å². The standard InChI is InChI=1S/C14H24N2O5/c1-4-5-6-12(17)16-11(13(18)21-8-7-15)9-20-10-14(2,3)19/h4,11-12,16-17,19H,1,5-6,8-10H2,2-3H3/t11-,12?/m0/s1. The van der Waals surface area contributed by atoms with Crippen LogP contribution in [0.2, 0.25) is 0 Å². The number of esters is 1. The van der Waals surface area contributed by atoms with Gasteiger partial charge in [0.25, 0.3) is 0 Å². The Bertz CT molecular complexity index is 359. The lowest BCUT2D eigenvalue weighted by Gasteiger charge is -2.23. The number of hydrogen-bond acceptors (Lipinski definition) is 7. The maximum atomic E-state index is 11.8. The summed E-state index contributed by atoms with van der Waals surface area (Å²) in [6, 6.07) is 0.778. The van der Waals surface area contributed by atoms with E-state index in [1.54, 1.807) is 26.0 Å². The molecule has 0 bridgehead atoms. The van der Waals surface area contributed by atoms with Crippen molar-refractivity contribution in [3.05, 3.63) is 12.7 Å². The second-order valence-corrected chi connectivity index (χ2v) is 5.19. The number of aliphatic hydroxyl groups excluding tert-OH is 1. The smallest absolute Gasteiger partial charge is 0.326 e. The summed E-state index contributed by atoms with van der Waals surface area (Å²) in [5, 5.41) is 30.4. The number of nitriles is 1. The Morgan fingerprint density at radius 2 is 2.24 bits per heavy atom. The lowest BCUT2D eigenvalue weighted by atomic mass is 10.2. The minimum absolute atomic E-state index is 0.0272. The number of carbonyl (C=O) groups excluding carboxylic acids is 1. The Morgan fingerprint density at radius 3 is 2.76 bits per heavy atom. The lowest BCUT2D eigenvalue weighted by Crippen LogP contribution is -2.47. The molecule has 0 radical (unpaired) electrons. The van der Waals surface area contributed by atoms with Gasteiger partial charge in [-0.25, -0.2) is 0 Å². The van der Waals surface area contributed by atoms with Crippen molar-refractivity contribution in [1.29, 1.82) is 5.26 Å². The average Bonchev–Trinajstić information content (AvgIpc) is 2.40. The Kier molecular flexibility index (Phi) is 9.58. The van der Waals surface area contributed by atoms with Crippen LogP contribution in [0.5, 0.6) is 0 Å². The molecule has 0 aliphatic heterocycles. The van der Waals surface area contributed by atoms with Crippen molar-refractivity contribution in [3.8, 4) is 6.07 Å². The van der Waals surface area contributed by atoms with Gasteiger partial charge in [-0.3, -0.25) is 10.1 Å². The van der Waals surface area contributed by atoms with Crippen LogP contribution in [0.25, 0.3) is 0 Å². The van der Waals surface area contributed by atoms with Gasteiger partial charge in [0, 0.05) is 0 Å². The summed E-state index contributed by atoms with van der Waals surface area (Å²) in [6.45, 7) is 6.26. The van der Waals surface area contributed by atoms with Gasteiger partial charge in [-0.2, -0.15) is 5.26 Å². The molecule has 0 aliphatic rings. The van der Waals surface area contributed by atoms with Gasteiger partial charge >= 0.3 is 5.97 Å². The van der Waals surface area contributed by atoms with Crippen molar-refractivity contribution in [2.45, 2.75) is 44.6 Å². The van der Waals surface area contributed by atoms with Gasteiger partial charge in [0.1, 0.15) is 18.3 Å². The summed E-state index contributed by atoms with van der Waals surface area (Å²) >= 11 is 0. The molecule has 1 unspecified atom stereocenters. The topological polar surface area (TPSA) is 112 Å². The fraction of sp³-hybridized carbons (Fsp3) is 0.714. The van der Waals surface area contributed by atoms with E-state index in [1.807, 2.05) is 0 Å². The number of aliphatic hydroxyl groups is 2. The summed E-state index contributed by atoms with van der Waals surface area (Å²) < 4.78 is 9.94. The Labute approximate surface area is 125 Å². The van der Waals surface area contributed by atoms with Crippen LogP contribution in [-0.2, 0) is 14.3 Å². The molecule has 3 N–H and O–H groups in total. The molecule has 0 aromatic rings. The highest BCUT2D eigenvalue weighted by atomic mass is 16.5. The lowest BCUT2D eigenvalue weighted by molar-refractivity contribution is -0.148. The molecule has 0 rings (SSSR count). The second kappa shape index (κ2) is 10.3. The van der Waals surface area contributed by atoms with E-state index in [0.717, 1.165) is 0 Å². The first-order valence-electron chi connectivity index (χ1n) is 6.69. The van der Waals surface area contributed by atoms with Crippen LogP contribution in [-0.4, -0.2) is 53.9 Å². The highest BCUT2D eigenvalue weighted by Gasteiger charge is 2.24. The molecule has 0 fully saturated rings. The summed E-state index contributed by atoms with van der Waals surface area (Å²) in [5.74, 6) is -0.690. The van der Waals surface area contributed by atoms with Gasteiger partial charge in [-0.05, 0) is 26.7 Å². The van der Waals surface area contributed by atoms with Crippen LogP contribution in [0.4, 0.5) is 0 Å². The van der Waals surface area contributed by atoms with Crippen LogP contribution in [0.3, 0.4) is 0 Å². The number of hydrogen-bond donors (Lipinski definition) is 3. The molecule has 7 heteroatoms. The quantitative estimate of drug-likeness (QED) is 0.281. The van der Waals surface area contributed by atoms with Gasteiger partial charge < -0.3 is 19.7 Å². The number of nitrogens with one attached hydrogen (secondary N) is 1. The van der Waals surface area contributed by atoms with Crippen LogP contribution in [0.1, 0.15) is 26.7 Å². The minimum Gasteiger partial charge on any atom is -0.449 e. The monoisotopic (exact) mass is 300 g/mol. The van der Waals surface area contributed by atoms with E-state index in [-0.39, 0.29) is 19.8 Å². The van der Waals surface area contributed by atoms with Gasteiger partial charge in [-0.1, -0.05) is 6.08 Å². The molecule has 7 nitrogen and oxygen atoms in total. The van der Waals surface area contributed by atoms with Gasteiger partial charge in [0.05, 0.1) is 18.8 Å². The van der Waals surface area contributed by atoms with E-state index in [1.165, 1.54) is 0 Å². The van der Waals surface area contributed by atoms with Crippen molar-refractivity contribution < 1.29 is 24.5 Å². The molecule has 120 valence electrons. The first-order valence-corrected chi connectivity index (χ1v) is 6.69. The fourth-order valence-corrected chi connectivity index (χ4v) is 1.41. The highest BCUT2D eigenvalue weighted by Crippen LogP contribution is 2.03. The molecule has 0 heterocycles. The molecule has 0 amide bonds. The third kappa shape index (κ3) is 10.9. The SMILES string of the molecule is C=CCCC(O)N[C@@H](COCC(C)(C)O)C(=O)OCC#N. The molecular weight excluding hydrogens is 276 g/mol. The van der Waals surface area contributed by atoms with E-state index < -0.39 is 23.8 Å². The van der Waals surface area contributed by atoms with Gasteiger partial charge in [0.2, 0.25) is 0 Å². The first kappa shape index (κ1) is 19.5. The average molecular weight is 300 g/mol. The summed E-state index contributed by atoms with van der Waals surface area (Å²) in [5.41, 5.74) is -1.03. The number of nitrogens with zero attached hydrogens (tertiary/aromatic N) is 1. The Balaban J connectivity index is 4.43. The predicted octanol–water partition coefficient (Wildman–Crippen LogP) is 0.0835. The maximum Gasteiger partial charge on any atom is 0.326 e. The van der Waals surface area contributed by atoms with Crippen molar-refractivity contribution >= 4 is 5.97 Å². The number of allylic oxidation sites excluding steroid dienone is 1. The van der Waals surface area contributed by atoms with Crippen LogP contribution in [0.15, 0.2) is 12.7 Å². The number of carbonyl (C=O) groups is 1. The normalized spacial score (nSPS) is 14.0. The predicted molar refractivity (Wildman–Crippen MR) is 76.1 cm³/mol. The zero-order valence-corrected chi connectivity index (χ0v) is 12.5. The molecule has 0 aromatic heterocycles. The zero-order chi connectivity index (χ0) is 16.3. The molecule has 0 aliphatic carbocycles. The molecule has 0 saturated carbocycles. The third-order valence-corrected chi connectivity index (χ3v) is 2.34. The van der Waals surface area contributed by atoms with Crippen LogP contribution < -0.4 is 5.32 Å². The summed E-state index contributed by atoms with van der Waals surface area (Å²) in [7, 11) is 0. The Hall–Kier alpha value is -1.46. The van der Waals surface area contributed by atoms with E-state index in [0.29, 0.717) is 12.8 Å². The zero-order valence-electron chi connectivity index (χ0n) is 12.5. The molecular formula is C14H24N2O5.